The highest BCUT2D eigenvalue weighted by atomic mass is 32.2. The van der Waals surface area contributed by atoms with Gasteiger partial charge in [0.05, 0.1) is 11.5 Å². The molecule has 0 aliphatic carbocycles. The maximum atomic E-state index is 12.4. The maximum absolute atomic E-state index is 12.4. The molecule has 23 heavy (non-hydrogen) atoms. The van der Waals surface area contributed by atoms with E-state index in [1.54, 1.807) is 4.90 Å². The molecule has 0 aromatic heterocycles. The van der Waals surface area contributed by atoms with Crippen molar-refractivity contribution in [3.63, 3.8) is 0 Å². The summed E-state index contributed by atoms with van der Waals surface area (Å²) >= 11 is 0. The van der Waals surface area contributed by atoms with Crippen LogP contribution in [-0.2, 0) is 16.3 Å². The van der Waals surface area contributed by atoms with E-state index in [9.17, 15) is 13.2 Å². The van der Waals surface area contributed by atoms with Crippen molar-refractivity contribution in [2.45, 2.75) is 12.5 Å². The molecule has 1 aliphatic heterocycles. The number of carbonyl (C=O) groups is 1. The summed E-state index contributed by atoms with van der Waals surface area (Å²) in [6.45, 7) is 1.27. The second-order valence-corrected chi connectivity index (χ2v) is 8.54. The summed E-state index contributed by atoms with van der Waals surface area (Å²) in [6, 6.07) is 9.83. The van der Waals surface area contributed by atoms with Gasteiger partial charge in [-0.25, -0.2) is 13.2 Å². The third kappa shape index (κ3) is 5.84. The predicted molar refractivity (Wildman–Crippen MR) is 91.2 cm³/mol. The van der Waals surface area contributed by atoms with Gasteiger partial charge in [0.1, 0.15) is 0 Å². The number of benzene rings is 1. The van der Waals surface area contributed by atoms with Crippen molar-refractivity contribution in [2.75, 3.05) is 45.2 Å². The summed E-state index contributed by atoms with van der Waals surface area (Å²) in [4.78, 5) is 16.0. The number of hydrogen-bond donors (Lipinski definition) is 1. The van der Waals surface area contributed by atoms with Crippen LogP contribution in [0.3, 0.4) is 0 Å². The van der Waals surface area contributed by atoms with Crippen molar-refractivity contribution in [1.29, 1.82) is 0 Å². The highest BCUT2D eigenvalue weighted by molar-refractivity contribution is 7.91. The van der Waals surface area contributed by atoms with E-state index in [0.717, 1.165) is 13.0 Å². The summed E-state index contributed by atoms with van der Waals surface area (Å²) in [7, 11) is 0.965. The van der Waals surface area contributed by atoms with Crippen LogP contribution in [0.2, 0.25) is 0 Å². The van der Waals surface area contributed by atoms with Gasteiger partial charge in [0.25, 0.3) is 0 Å². The fourth-order valence-corrected chi connectivity index (χ4v) is 3.88. The van der Waals surface area contributed by atoms with E-state index >= 15 is 0 Å². The largest absolute Gasteiger partial charge is 0.334 e. The van der Waals surface area contributed by atoms with Crippen molar-refractivity contribution < 1.29 is 13.2 Å². The van der Waals surface area contributed by atoms with Gasteiger partial charge < -0.3 is 15.1 Å². The summed E-state index contributed by atoms with van der Waals surface area (Å²) in [5, 5.41) is 3.04. The standard InChI is InChI=1S/C16H25N3O3S/c1-18(2)13-15(12-14-6-4-3-5-7-14)17-16(20)19-8-10-23(21,22)11-9-19/h3-7,15H,8-13H2,1-2H3,(H,17,20). The fraction of sp³-hybridized carbons (Fsp3) is 0.562. The molecule has 2 amide bonds. The molecule has 0 radical (unpaired) electrons. The number of nitrogens with one attached hydrogen (secondary N) is 1. The van der Waals surface area contributed by atoms with Crippen LogP contribution in [0.5, 0.6) is 0 Å². The Morgan fingerprint density at radius 1 is 1.22 bits per heavy atom. The van der Waals surface area contributed by atoms with Crippen molar-refractivity contribution >= 4 is 15.9 Å². The lowest BCUT2D eigenvalue weighted by Gasteiger charge is -2.30. The van der Waals surface area contributed by atoms with Crippen molar-refractivity contribution in [3.05, 3.63) is 35.9 Å². The monoisotopic (exact) mass is 339 g/mol. The molecule has 0 spiro atoms. The number of hydrogen-bond acceptors (Lipinski definition) is 4. The van der Waals surface area contributed by atoms with E-state index in [1.807, 2.05) is 49.3 Å². The first-order valence-corrected chi connectivity index (χ1v) is 9.62. The maximum Gasteiger partial charge on any atom is 0.317 e. The molecule has 0 saturated carbocycles. The van der Waals surface area contributed by atoms with Gasteiger partial charge in [0, 0.05) is 25.7 Å². The molecule has 1 fully saturated rings. The third-order valence-corrected chi connectivity index (χ3v) is 5.48. The van der Waals surface area contributed by atoms with Gasteiger partial charge in [0.15, 0.2) is 9.84 Å². The van der Waals surface area contributed by atoms with Crippen LogP contribution < -0.4 is 5.32 Å². The quantitative estimate of drug-likeness (QED) is 0.853. The molecule has 6 nitrogen and oxygen atoms in total. The number of nitrogens with zero attached hydrogens (tertiary/aromatic N) is 2. The minimum atomic E-state index is -2.98. The first kappa shape index (κ1) is 17.7. The van der Waals surface area contributed by atoms with Crippen molar-refractivity contribution in [1.82, 2.24) is 15.1 Å². The molecule has 1 heterocycles. The molecule has 7 heteroatoms. The van der Waals surface area contributed by atoms with Crippen molar-refractivity contribution in [3.8, 4) is 0 Å². The Balaban J connectivity index is 1.95. The number of sulfone groups is 1. The topological polar surface area (TPSA) is 69.7 Å². The van der Waals surface area contributed by atoms with Crippen LogP contribution >= 0.6 is 0 Å². The number of amides is 2. The second kappa shape index (κ2) is 7.79. The van der Waals surface area contributed by atoms with Gasteiger partial charge >= 0.3 is 6.03 Å². The zero-order chi connectivity index (χ0) is 16.9. The molecule has 128 valence electrons. The summed E-state index contributed by atoms with van der Waals surface area (Å²) in [5.41, 5.74) is 1.17. The van der Waals surface area contributed by atoms with Gasteiger partial charge in [-0.05, 0) is 26.1 Å². The smallest absolute Gasteiger partial charge is 0.317 e. The summed E-state index contributed by atoms with van der Waals surface area (Å²) in [6.07, 6.45) is 0.747. The zero-order valence-corrected chi connectivity index (χ0v) is 14.6. The minimum Gasteiger partial charge on any atom is -0.334 e. The molecule has 1 saturated heterocycles. The molecule has 0 bridgehead atoms. The van der Waals surface area contributed by atoms with Crippen LogP contribution in [0.15, 0.2) is 30.3 Å². The van der Waals surface area contributed by atoms with Gasteiger partial charge in [-0.1, -0.05) is 30.3 Å². The number of carbonyl (C=O) groups excluding carboxylic acids is 1. The summed E-state index contributed by atoms with van der Waals surface area (Å²) in [5.74, 6) is 0.106. The van der Waals surface area contributed by atoms with E-state index < -0.39 is 9.84 Å². The van der Waals surface area contributed by atoms with E-state index in [2.05, 4.69) is 5.32 Å². The Morgan fingerprint density at radius 2 is 1.83 bits per heavy atom. The van der Waals surface area contributed by atoms with Gasteiger partial charge in [-0.2, -0.15) is 0 Å². The van der Waals surface area contributed by atoms with E-state index in [4.69, 9.17) is 0 Å². The minimum absolute atomic E-state index is 0.0153. The van der Waals surface area contributed by atoms with E-state index in [1.165, 1.54) is 5.56 Å². The molecule has 1 atom stereocenters. The Hall–Kier alpha value is -1.60. The average molecular weight is 339 g/mol. The number of likely N-dealkylation sites (N-methyl/N-ethyl adjacent to an activating group) is 1. The lowest BCUT2D eigenvalue weighted by atomic mass is 10.1. The number of urea groups is 1. The molecule has 1 unspecified atom stereocenters. The van der Waals surface area contributed by atoms with Crippen molar-refractivity contribution in [2.24, 2.45) is 0 Å². The molecule has 1 aliphatic rings. The lowest BCUT2D eigenvalue weighted by molar-refractivity contribution is 0.194. The SMILES string of the molecule is CN(C)CC(Cc1ccccc1)NC(=O)N1CCS(=O)(=O)CC1. The highest BCUT2D eigenvalue weighted by Crippen LogP contribution is 2.07. The molecule has 1 N–H and O–H groups in total. The molecule has 1 aromatic carbocycles. The third-order valence-electron chi connectivity index (χ3n) is 3.87. The normalized spacial score (nSPS) is 18.7. The summed E-state index contributed by atoms with van der Waals surface area (Å²) < 4.78 is 22.9. The fourth-order valence-electron chi connectivity index (χ4n) is 2.68. The molecular weight excluding hydrogens is 314 g/mol. The Kier molecular flexibility index (Phi) is 6.01. The van der Waals surface area contributed by atoms with Crippen LogP contribution in [-0.4, -0.2) is 75.5 Å². The zero-order valence-electron chi connectivity index (χ0n) is 13.7. The number of rotatable bonds is 5. The van der Waals surface area contributed by atoms with Gasteiger partial charge in [-0.3, -0.25) is 0 Å². The van der Waals surface area contributed by atoms with Gasteiger partial charge in [-0.15, -0.1) is 0 Å². The Bertz CT molecular complexity index is 603. The first-order valence-electron chi connectivity index (χ1n) is 7.80. The molecule has 2 rings (SSSR count). The van der Waals surface area contributed by atoms with Crippen LogP contribution in [0.4, 0.5) is 4.79 Å². The average Bonchev–Trinajstić information content (AvgIpc) is 2.47. The lowest BCUT2D eigenvalue weighted by Crippen LogP contribution is -2.53. The Morgan fingerprint density at radius 3 is 2.39 bits per heavy atom. The molecule has 1 aromatic rings. The van der Waals surface area contributed by atoms with Crippen LogP contribution in [0.25, 0.3) is 0 Å². The van der Waals surface area contributed by atoms with E-state index in [0.29, 0.717) is 0 Å². The van der Waals surface area contributed by atoms with Crippen LogP contribution in [0.1, 0.15) is 5.56 Å². The van der Waals surface area contributed by atoms with Gasteiger partial charge in [0.2, 0.25) is 0 Å². The van der Waals surface area contributed by atoms with E-state index in [-0.39, 0.29) is 36.7 Å². The highest BCUT2D eigenvalue weighted by Gasteiger charge is 2.26. The first-order chi connectivity index (χ1) is 10.9. The Labute approximate surface area is 138 Å². The predicted octanol–water partition coefficient (Wildman–Crippen LogP) is 0.599. The van der Waals surface area contributed by atoms with Crippen LogP contribution in [0, 0.1) is 0 Å². The second-order valence-electron chi connectivity index (χ2n) is 6.24. The molecular formula is C16H25N3O3S.